The van der Waals surface area contributed by atoms with E-state index in [2.05, 4.69) is 5.32 Å². The Hall–Kier alpha value is -4.19. The number of aryl methyl sites for hydroxylation is 1. The lowest BCUT2D eigenvalue weighted by atomic mass is 10.1. The molecule has 0 atom stereocenters. The minimum atomic E-state index is -0.569. The van der Waals surface area contributed by atoms with Gasteiger partial charge < -0.3 is 14.6 Å². The summed E-state index contributed by atoms with van der Waals surface area (Å²) in [5, 5.41) is 2.90. The van der Waals surface area contributed by atoms with Gasteiger partial charge in [-0.1, -0.05) is 60.2 Å². The quantitative estimate of drug-likeness (QED) is 0.343. The minimum absolute atomic E-state index is 0.177. The van der Waals surface area contributed by atoms with Gasteiger partial charge in [0.15, 0.2) is 5.69 Å². The molecule has 6 heteroatoms. The van der Waals surface area contributed by atoms with Crippen LogP contribution in [0, 0.1) is 12.7 Å². The van der Waals surface area contributed by atoms with Gasteiger partial charge in [-0.25, -0.2) is 9.18 Å². The van der Waals surface area contributed by atoms with Gasteiger partial charge in [0.05, 0.1) is 12.3 Å². The van der Waals surface area contributed by atoms with Gasteiger partial charge in [0, 0.05) is 23.9 Å². The first-order valence-electron chi connectivity index (χ1n) is 11.0. The van der Waals surface area contributed by atoms with Crippen LogP contribution in [-0.2, 0) is 11.3 Å². The molecule has 4 aromatic rings. The van der Waals surface area contributed by atoms with Gasteiger partial charge in [-0.15, -0.1) is 0 Å². The van der Waals surface area contributed by atoms with Crippen LogP contribution in [0.4, 0.5) is 10.1 Å². The highest BCUT2D eigenvalue weighted by Gasteiger charge is 2.26. The van der Waals surface area contributed by atoms with Crippen molar-refractivity contribution in [3.05, 3.63) is 113 Å². The molecule has 0 radical (unpaired) electrons. The second-order valence-corrected chi connectivity index (χ2v) is 7.93. The monoisotopic (exact) mass is 456 g/mol. The Morgan fingerprint density at radius 2 is 1.74 bits per heavy atom. The molecule has 0 unspecified atom stereocenters. The molecular formula is C28H25FN2O3. The second-order valence-electron chi connectivity index (χ2n) is 7.93. The molecule has 0 fully saturated rings. The molecule has 0 aliphatic rings. The van der Waals surface area contributed by atoms with E-state index in [1.54, 1.807) is 48.0 Å². The summed E-state index contributed by atoms with van der Waals surface area (Å²) in [4.78, 5) is 26.3. The number of esters is 1. The number of hydrogen-bond donors (Lipinski definition) is 1. The van der Waals surface area contributed by atoms with Crippen molar-refractivity contribution < 1.29 is 18.7 Å². The van der Waals surface area contributed by atoms with Gasteiger partial charge in [0.25, 0.3) is 5.91 Å². The third kappa shape index (κ3) is 5.07. The average molecular weight is 457 g/mol. The fourth-order valence-corrected chi connectivity index (χ4v) is 3.85. The van der Waals surface area contributed by atoms with Crippen molar-refractivity contribution in [2.45, 2.75) is 20.4 Å². The summed E-state index contributed by atoms with van der Waals surface area (Å²) in [7, 11) is 0. The molecule has 0 saturated heterocycles. The van der Waals surface area contributed by atoms with Gasteiger partial charge in [0.2, 0.25) is 0 Å². The maximum atomic E-state index is 14.1. The van der Waals surface area contributed by atoms with Gasteiger partial charge in [-0.2, -0.15) is 0 Å². The van der Waals surface area contributed by atoms with Gasteiger partial charge in [-0.3, -0.25) is 4.79 Å². The summed E-state index contributed by atoms with van der Waals surface area (Å²) >= 11 is 0. The maximum absolute atomic E-state index is 14.1. The van der Waals surface area contributed by atoms with E-state index < -0.39 is 11.8 Å². The topological polar surface area (TPSA) is 60.3 Å². The Balaban J connectivity index is 1.87. The predicted molar refractivity (Wildman–Crippen MR) is 130 cm³/mol. The average Bonchev–Trinajstić information content (AvgIpc) is 3.17. The number of carbonyl (C=O) groups excluding carboxylic acids is 2. The Kier molecular flexibility index (Phi) is 6.87. The molecule has 1 heterocycles. The third-order valence-corrected chi connectivity index (χ3v) is 5.40. The molecule has 0 aliphatic heterocycles. The van der Waals surface area contributed by atoms with Crippen LogP contribution in [0.5, 0.6) is 0 Å². The third-order valence-electron chi connectivity index (χ3n) is 5.40. The number of ether oxygens (including phenoxy) is 1. The fraction of sp³-hybridized carbons (Fsp3) is 0.143. The number of benzene rings is 3. The maximum Gasteiger partial charge on any atom is 0.357 e. The smallest absolute Gasteiger partial charge is 0.357 e. The number of rotatable bonds is 7. The summed E-state index contributed by atoms with van der Waals surface area (Å²) < 4.78 is 21.2. The van der Waals surface area contributed by atoms with E-state index in [0.29, 0.717) is 23.2 Å². The molecule has 0 saturated carbocycles. The highest BCUT2D eigenvalue weighted by Crippen LogP contribution is 2.35. The molecule has 1 aromatic heterocycles. The predicted octanol–water partition coefficient (Wildman–Crippen LogP) is 6.08. The molecule has 4 rings (SSSR count). The number of hydrogen-bond acceptors (Lipinski definition) is 3. The van der Waals surface area contributed by atoms with Crippen LogP contribution in [0.15, 0.2) is 85.1 Å². The molecule has 172 valence electrons. The van der Waals surface area contributed by atoms with Gasteiger partial charge >= 0.3 is 5.97 Å². The first-order valence-corrected chi connectivity index (χ1v) is 11.0. The molecule has 1 N–H and O–H groups in total. The van der Waals surface area contributed by atoms with E-state index >= 15 is 0 Å². The van der Waals surface area contributed by atoms with E-state index in [-0.39, 0.29) is 23.9 Å². The zero-order valence-electron chi connectivity index (χ0n) is 19.0. The SMILES string of the molecule is CCOC(=O)c1c(NC(=O)c2cccc(C)c2)c(-c2cccc(F)c2)cn1Cc1ccccc1. The number of aromatic nitrogens is 1. The standard InChI is InChI=1S/C28H25FN2O3/c1-3-34-28(33)26-25(30-27(32)22-13-7-9-19(2)15-22)24(21-12-8-14-23(29)16-21)18-31(26)17-20-10-5-4-6-11-20/h4-16,18H,3,17H2,1-2H3,(H,30,32). The van der Waals surface area contributed by atoms with Crippen LogP contribution < -0.4 is 5.32 Å². The van der Waals surface area contributed by atoms with Crippen molar-refractivity contribution in [1.29, 1.82) is 0 Å². The van der Waals surface area contributed by atoms with Crippen LogP contribution >= 0.6 is 0 Å². The normalized spacial score (nSPS) is 10.7. The molecule has 0 spiro atoms. The summed E-state index contributed by atoms with van der Waals surface area (Å²) in [6.45, 7) is 4.17. The lowest BCUT2D eigenvalue weighted by Gasteiger charge is -2.12. The Morgan fingerprint density at radius 3 is 2.44 bits per heavy atom. The summed E-state index contributed by atoms with van der Waals surface area (Å²) in [5.41, 5.74) is 3.90. The molecule has 1 amide bonds. The number of nitrogens with one attached hydrogen (secondary N) is 1. The number of halogens is 1. The Morgan fingerprint density at radius 1 is 0.971 bits per heavy atom. The van der Waals surface area contributed by atoms with Crippen molar-refractivity contribution >= 4 is 17.6 Å². The largest absolute Gasteiger partial charge is 0.461 e. The first kappa shape index (κ1) is 23.0. The van der Waals surface area contributed by atoms with Crippen molar-refractivity contribution in [1.82, 2.24) is 4.57 Å². The summed E-state index contributed by atoms with van der Waals surface area (Å²) in [5.74, 6) is -1.35. The van der Waals surface area contributed by atoms with Crippen LogP contribution in [0.3, 0.4) is 0 Å². The van der Waals surface area contributed by atoms with E-state index in [1.807, 2.05) is 43.3 Å². The molecule has 5 nitrogen and oxygen atoms in total. The van der Waals surface area contributed by atoms with E-state index in [0.717, 1.165) is 11.1 Å². The minimum Gasteiger partial charge on any atom is -0.461 e. The number of anilines is 1. The Labute approximate surface area is 197 Å². The zero-order chi connectivity index (χ0) is 24.1. The number of carbonyl (C=O) groups is 2. The van der Waals surface area contributed by atoms with Crippen molar-refractivity contribution in [2.24, 2.45) is 0 Å². The molecular weight excluding hydrogens is 431 g/mol. The van der Waals surface area contributed by atoms with Crippen molar-refractivity contribution in [3.8, 4) is 11.1 Å². The number of amides is 1. The zero-order valence-corrected chi connectivity index (χ0v) is 19.0. The summed E-state index contributed by atoms with van der Waals surface area (Å²) in [6, 6.07) is 22.9. The lowest BCUT2D eigenvalue weighted by Crippen LogP contribution is -2.18. The van der Waals surface area contributed by atoms with E-state index in [4.69, 9.17) is 4.74 Å². The van der Waals surface area contributed by atoms with Crippen LogP contribution in [0.25, 0.3) is 11.1 Å². The summed E-state index contributed by atoms with van der Waals surface area (Å²) in [6.07, 6.45) is 1.75. The number of nitrogens with zero attached hydrogens (tertiary/aromatic N) is 1. The van der Waals surface area contributed by atoms with Gasteiger partial charge in [0.1, 0.15) is 5.82 Å². The van der Waals surface area contributed by atoms with Crippen LogP contribution in [0.2, 0.25) is 0 Å². The highest BCUT2D eigenvalue weighted by molar-refractivity contribution is 6.11. The molecule has 0 bridgehead atoms. The van der Waals surface area contributed by atoms with Crippen LogP contribution in [0.1, 0.15) is 38.9 Å². The first-order chi connectivity index (χ1) is 16.5. The second kappa shape index (κ2) is 10.2. The van der Waals surface area contributed by atoms with Gasteiger partial charge in [-0.05, 0) is 49.2 Å². The lowest BCUT2D eigenvalue weighted by molar-refractivity contribution is 0.0515. The highest BCUT2D eigenvalue weighted by atomic mass is 19.1. The van der Waals surface area contributed by atoms with E-state index in [9.17, 15) is 14.0 Å². The van der Waals surface area contributed by atoms with Crippen molar-refractivity contribution in [2.75, 3.05) is 11.9 Å². The van der Waals surface area contributed by atoms with Crippen molar-refractivity contribution in [3.63, 3.8) is 0 Å². The molecule has 34 heavy (non-hydrogen) atoms. The fourth-order valence-electron chi connectivity index (χ4n) is 3.85. The molecule has 0 aliphatic carbocycles. The Bertz CT molecular complexity index is 1330. The molecule has 3 aromatic carbocycles. The van der Waals surface area contributed by atoms with Crippen LogP contribution in [-0.4, -0.2) is 23.1 Å². The van der Waals surface area contributed by atoms with E-state index in [1.165, 1.54) is 12.1 Å².